The van der Waals surface area contributed by atoms with Crippen LogP contribution in [0, 0.1) is 12.7 Å². The third-order valence-electron chi connectivity index (χ3n) is 5.70. The average molecular weight is 516 g/mol. The van der Waals surface area contributed by atoms with E-state index >= 15 is 0 Å². The SMILES string of the molecule is Cc1cc(-c2cc(F)cc(C(C)C)c2CC(=O)NS(=O)(=O)c2cc(CN(C)C)n(C(C)C)n2)ccn1. The van der Waals surface area contributed by atoms with E-state index in [1.807, 2.05) is 59.7 Å². The van der Waals surface area contributed by atoms with E-state index < -0.39 is 21.7 Å². The van der Waals surface area contributed by atoms with Crippen molar-refractivity contribution in [2.24, 2.45) is 0 Å². The van der Waals surface area contributed by atoms with Crippen LogP contribution >= 0.6 is 0 Å². The first-order valence-corrected chi connectivity index (χ1v) is 13.3. The number of hydrogen-bond donors (Lipinski definition) is 1. The molecule has 0 unspecified atom stereocenters. The maximum atomic E-state index is 14.6. The summed E-state index contributed by atoms with van der Waals surface area (Å²) in [6, 6.07) is 7.75. The maximum Gasteiger partial charge on any atom is 0.283 e. The van der Waals surface area contributed by atoms with Crippen molar-refractivity contribution in [2.45, 2.75) is 64.6 Å². The van der Waals surface area contributed by atoms with Gasteiger partial charge in [-0.25, -0.2) is 9.11 Å². The van der Waals surface area contributed by atoms with E-state index in [9.17, 15) is 17.6 Å². The Morgan fingerprint density at radius 3 is 2.42 bits per heavy atom. The van der Waals surface area contributed by atoms with E-state index in [-0.39, 0.29) is 23.4 Å². The summed E-state index contributed by atoms with van der Waals surface area (Å²) in [5, 5.41) is 4.04. The Kier molecular flexibility index (Phi) is 8.30. The topological polar surface area (TPSA) is 97.2 Å². The quantitative estimate of drug-likeness (QED) is 0.459. The molecule has 36 heavy (non-hydrogen) atoms. The number of pyridine rings is 1. The maximum absolute atomic E-state index is 14.6. The minimum absolute atomic E-state index is 0.0567. The largest absolute Gasteiger partial charge is 0.304 e. The Morgan fingerprint density at radius 2 is 1.83 bits per heavy atom. The summed E-state index contributed by atoms with van der Waals surface area (Å²) in [6.45, 7) is 9.94. The van der Waals surface area contributed by atoms with Gasteiger partial charge < -0.3 is 4.90 Å². The fourth-order valence-corrected chi connectivity index (χ4v) is 5.13. The molecule has 1 amide bonds. The Balaban J connectivity index is 1.97. The highest BCUT2D eigenvalue weighted by Crippen LogP contribution is 2.32. The number of sulfonamides is 1. The highest BCUT2D eigenvalue weighted by Gasteiger charge is 2.26. The molecule has 0 aliphatic carbocycles. The zero-order valence-electron chi connectivity index (χ0n) is 21.8. The van der Waals surface area contributed by atoms with Gasteiger partial charge in [0.1, 0.15) is 5.82 Å². The minimum Gasteiger partial charge on any atom is -0.304 e. The first-order valence-electron chi connectivity index (χ1n) is 11.8. The second-order valence-electron chi connectivity index (χ2n) is 9.82. The van der Waals surface area contributed by atoms with Gasteiger partial charge in [0.15, 0.2) is 5.03 Å². The molecule has 0 fully saturated rings. The molecule has 1 aromatic carbocycles. The summed E-state index contributed by atoms with van der Waals surface area (Å²) in [5.41, 5.74) is 3.93. The minimum atomic E-state index is -4.21. The first kappa shape index (κ1) is 27.5. The lowest BCUT2D eigenvalue weighted by Crippen LogP contribution is -2.32. The Bertz CT molecular complexity index is 1360. The molecule has 2 heterocycles. The molecule has 0 atom stereocenters. The summed E-state index contributed by atoms with van der Waals surface area (Å²) in [7, 11) is -0.451. The fourth-order valence-electron chi connectivity index (χ4n) is 4.17. The first-order chi connectivity index (χ1) is 16.8. The van der Waals surface area contributed by atoms with Crippen LogP contribution in [-0.4, -0.2) is 48.1 Å². The number of amides is 1. The van der Waals surface area contributed by atoms with Gasteiger partial charge in [0, 0.05) is 30.5 Å². The lowest BCUT2D eigenvalue weighted by atomic mass is 9.88. The van der Waals surface area contributed by atoms with Crippen molar-refractivity contribution in [1.29, 1.82) is 0 Å². The summed E-state index contributed by atoms with van der Waals surface area (Å²) in [5.74, 6) is -1.23. The number of nitrogens with zero attached hydrogens (tertiary/aromatic N) is 4. The Labute approximate surface area is 212 Å². The molecule has 0 saturated heterocycles. The zero-order chi connectivity index (χ0) is 26.8. The molecule has 8 nitrogen and oxygen atoms in total. The molecular formula is C26H34FN5O3S. The van der Waals surface area contributed by atoms with Crippen LogP contribution in [-0.2, 0) is 27.8 Å². The zero-order valence-corrected chi connectivity index (χ0v) is 22.6. The molecular weight excluding hydrogens is 481 g/mol. The second kappa shape index (κ2) is 10.9. The molecule has 2 aromatic heterocycles. The van der Waals surface area contributed by atoms with Gasteiger partial charge in [-0.15, -0.1) is 0 Å². The summed E-state index contributed by atoms with van der Waals surface area (Å²) >= 11 is 0. The third-order valence-corrected chi connectivity index (χ3v) is 6.94. The molecule has 0 radical (unpaired) electrons. The van der Waals surface area contributed by atoms with Gasteiger partial charge in [-0.2, -0.15) is 13.5 Å². The highest BCUT2D eigenvalue weighted by atomic mass is 32.2. The monoisotopic (exact) mass is 515 g/mol. The van der Waals surface area contributed by atoms with Crippen molar-refractivity contribution in [3.8, 4) is 11.1 Å². The number of aromatic nitrogens is 3. The van der Waals surface area contributed by atoms with Gasteiger partial charge in [0.05, 0.1) is 12.1 Å². The molecule has 0 aliphatic rings. The van der Waals surface area contributed by atoms with Gasteiger partial charge in [0.2, 0.25) is 5.91 Å². The average Bonchev–Trinajstić information content (AvgIpc) is 3.18. The van der Waals surface area contributed by atoms with Gasteiger partial charge in [-0.1, -0.05) is 13.8 Å². The number of hydrogen-bond acceptors (Lipinski definition) is 6. The van der Waals surface area contributed by atoms with Crippen LogP contribution in [0.3, 0.4) is 0 Å². The molecule has 10 heteroatoms. The number of benzene rings is 1. The lowest BCUT2D eigenvalue weighted by Gasteiger charge is -2.18. The van der Waals surface area contributed by atoms with Crippen LogP contribution in [0.2, 0.25) is 0 Å². The highest BCUT2D eigenvalue weighted by molar-refractivity contribution is 7.90. The summed E-state index contributed by atoms with van der Waals surface area (Å²) in [6.07, 6.45) is 1.38. The van der Waals surface area contributed by atoms with Crippen molar-refractivity contribution in [1.82, 2.24) is 24.4 Å². The van der Waals surface area contributed by atoms with E-state index in [0.717, 1.165) is 11.4 Å². The molecule has 3 rings (SSSR count). The Morgan fingerprint density at radius 1 is 1.14 bits per heavy atom. The lowest BCUT2D eigenvalue weighted by molar-refractivity contribution is -0.118. The van der Waals surface area contributed by atoms with Crippen LogP contribution in [0.25, 0.3) is 11.1 Å². The van der Waals surface area contributed by atoms with Gasteiger partial charge in [0.25, 0.3) is 10.0 Å². The standard InChI is InChI=1S/C26H34FN5O3S/c1-16(2)22-11-20(27)12-23(19-8-9-28-18(5)10-19)24(22)14-25(33)30-36(34,35)26-13-21(15-31(6)7)32(29-26)17(3)4/h8-13,16-17H,14-15H2,1-7H3,(H,30,33). The smallest absolute Gasteiger partial charge is 0.283 e. The number of rotatable bonds is 9. The van der Waals surface area contributed by atoms with E-state index in [4.69, 9.17) is 0 Å². The number of carbonyl (C=O) groups is 1. The van der Waals surface area contributed by atoms with Crippen LogP contribution in [0.4, 0.5) is 4.39 Å². The molecule has 1 N–H and O–H groups in total. The molecule has 0 saturated carbocycles. The van der Waals surface area contributed by atoms with Crippen molar-refractivity contribution < 1.29 is 17.6 Å². The molecule has 0 spiro atoms. The normalized spacial score (nSPS) is 12.1. The van der Waals surface area contributed by atoms with E-state index in [2.05, 4.69) is 14.8 Å². The molecule has 0 bridgehead atoms. The van der Waals surface area contributed by atoms with Crippen LogP contribution < -0.4 is 4.72 Å². The van der Waals surface area contributed by atoms with Crippen molar-refractivity contribution in [3.05, 3.63) is 64.9 Å². The number of aryl methyl sites for hydroxylation is 1. The van der Waals surface area contributed by atoms with Crippen molar-refractivity contribution in [3.63, 3.8) is 0 Å². The van der Waals surface area contributed by atoms with Crippen molar-refractivity contribution >= 4 is 15.9 Å². The molecule has 0 aliphatic heterocycles. The van der Waals surface area contributed by atoms with Crippen LogP contribution in [0.15, 0.2) is 41.6 Å². The summed E-state index contributed by atoms with van der Waals surface area (Å²) in [4.78, 5) is 19.2. The predicted octanol–water partition coefficient (Wildman–Crippen LogP) is 4.21. The predicted molar refractivity (Wildman–Crippen MR) is 137 cm³/mol. The Hall–Kier alpha value is -3.11. The van der Waals surface area contributed by atoms with Gasteiger partial charge in [-0.3, -0.25) is 14.5 Å². The fraction of sp³-hybridized carbons (Fsp3) is 0.423. The van der Waals surface area contributed by atoms with Crippen LogP contribution in [0.5, 0.6) is 0 Å². The van der Waals surface area contributed by atoms with E-state index in [0.29, 0.717) is 28.8 Å². The number of halogens is 1. The second-order valence-corrected chi connectivity index (χ2v) is 11.4. The number of carbonyl (C=O) groups excluding carboxylic acids is 1. The number of nitrogens with one attached hydrogen (secondary N) is 1. The third kappa shape index (κ3) is 6.36. The molecule has 194 valence electrons. The van der Waals surface area contributed by atoms with E-state index in [1.165, 1.54) is 18.2 Å². The van der Waals surface area contributed by atoms with Gasteiger partial charge >= 0.3 is 0 Å². The molecule has 3 aromatic rings. The van der Waals surface area contributed by atoms with Crippen LogP contribution in [0.1, 0.15) is 62.2 Å². The van der Waals surface area contributed by atoms with Gasteiger partial charge in [-0.05, 0) is 87.3 Å². The summed E-state index contributed by atoms with van der Waals surface area (Å²) < 4.78 is 44.5. The van der Waals surface area contributed by atoms with E-state index in [1.54, 1.807) is 16.9 Å². The van der Waals surface area contributed by atoms with Crippen molar-refractivity contribution in [2.75, 3.05) is 14.1 Å².